The molecule has 0 radical (unpaired) electrons. The van der Waals surface area contributed by atoms with Crippen molar-refractivity contribution in [3.05, 3.63) is 11.6 Å². The lowest BCUT2D eigenvalue weighted by molar-refractivity contribution is 0.326. The normalized spacial score (nSPS) is 20.2. The Morgan fingerprint density at radius 1 is 1.56 bits per heavy atom. The third-order valence-corrected chi connectivity index (χ3v) is 3.38. The molecule has 1 aliphatic carbocycles. The molecule has 1 N–H and O–H groups in total. The van der Waals surface area contributed by atoms with Gasteiger partial charge in [-0.25, -0.2) is 9.67 Å². The number of aryl methyl sites for hydroxylation is 2. The molecule has 1 fully saturated rings. The third kappa shape index (κ3) is 2.88. The molecule has 1 saturated carbocycles. The van der Waals surface area contributed by atoms with Gasteiger partial charge in [0.25, 0.3) is 0 Å². The minimum absolute atomic E-state index is 0.169. The van der Waals surface area contributed by atoms with Gasteiger partial charge in [0, 0.05) is 12.5 Å². The summed E-state index contributed by atoms with van der Waals surface area (Å²) < 4.78 is 1.92. The van der Waals surface area contributed by atoms with Crippen molar-refractivity contribution in [2.75, 3.05) is 0 Å². The van der Waals surface area contributed by atoms with Gasteiger partial charge in [-0.05, 0) is 40.5 Å². The fourth-order valence-corrected chi connectivity index (χ4v) is 2.45. The summed E-state index contributed by atoms with van der Waals surface area (Å²) in [7, 11) is 0. The molecule has 1 heterocycles. The van der Waals surface area contributed by atoms with Crippen molar-refractivity contribution >= 4 is 0 Å². The molecule has 1 aromatic rings. The SMILES string of the molecule is Cc1nc(C)n(C(C)CC(C)(C#N)NC2CC2)n1. The first-order valence-corrected chi connectivity index (χ1v) is 6.52. The highest BCUT2D eigenvalue weighted by molar-refractivity contribution is 5.08. The molecular formula is C13H21N5. The van der Waals surface area contributed by atoms with Gasteiger partial charge in [0.2, 0.25) is 0 Å². The average Bonchev–Trinajstić information content (AvgIpc) is 3.02. The summed E-state index contributed by atoms with van der Waals surface area (Å²) in [4.78, 5) is 4.31. The van der Waals surface area contributed by atoms with Crippen LogP contribution in [0, 0.1) is 25.2 Å². The van der Waals surface area contributed by atoms with Gasteiger partial charge in [-0.2, -0.15) is 10.4 Å². The number of nitrogens with one attached hydrogen (secondary N) is 1. The predicted molar refractivity (Wildman–Crippen MR) is 69.0 cm³/mol. The first kappa shape index (κ1) is 13.0. The van der Waals surface area contributed by atoms with Crippen LogP contribution in [0.2, 0.25) is 0 Å². The summed E-state index contributed by atoms with van der Waals surface area (Å²) in [6.45, 7) is 7.91. The van der Waals surface area contributed by atoms with E-state index in [1.54, 1.807) is 0 Å². The van der Waals surface area contributed by atoms with Gasteiger partial charge in [0.15, 0.2) is 0 Å². The van der Waals surface area contributed by atoms with Crippen LogP contribution in [-0.4, -0.2) is 26.3 Å². The highest BCUT2D eigenvalue weighted by atomic mass is 15.4. The van der Waals surface area contributed by atoms with Crippen molar-refractivity contribution in [1.82, 2.24) is 20.1 Å². The van der Waals surface area contributed by atoms with Gasteiger partial charge >= 0.3 is 0 Å². The fourth-order valence-electron chi connectivity index (χ4n) is 2.45. The molecule has 2 atom stereocenters. The Labute approximate surface area is 108 Å². The summed E-state index contributed by atoms with van der Waals surface area (Å²) in [5.74, 6) is 1.69. The quantitative estimate of drug-likeness (QED) is 0.862. The van der Waals surface area contributed by atoms with E-state index in [0.29, 0.717) is 6.04 Å². The van der Waals surface area contributed by atoms with Gasteiger partial charge in [-0.1, -0.05) is 0 Å². The molecule has 0 aliphatic heterocycles. The maximum Gasteiger partial charge on any atom is 0.147 e. The van der Waals surface area contributed by atoms with Crippen LogP contribution in [0.1, 0.15) is 50.8 Å². The van der Waals surface area contributed by atoms with Gasteiger partial charge in [-0.3, -0.25) is 5.32 Å². The summed E-state index contributed by atoms with van der Waals surface area (Å²) in [6.07, 6.45) is 3.11. The van der Waals surface area contributed by atoms with E-state index < -0.39 is 5.54 Å². The van der Waals surface area contributed by atoms with Gasteiger partial charge < -0.3 is 0 Å². The lowest BCUT2D eigenvalue weighted by Crippen LogP contribution is -2.44. The zero-order valence-electron chi connectivity index (χ0n) is 11.6. The van der Waals surface area contributed by atoms with E-state index in [-0.39, 0.29) is 6.04 Å². The molecule has 1 aliphatic rings. The first-order valence-electron chi connectivity index (χ1n) is 6.52. The van der Waals surface area contributed by atoms with Crippen LogP contribution in [0.15, 0.2) is 0 Å². The predicted octanol–water partition coefficient (Wildman–Crippen LogP) is 1.88. The number of aromatic nitrogens is 3. The molecule has 2 unspecified atom stereocenters. The highest BCUT2D eigenvalue weighted by Gasteiger charge is 2.34. The first-order chi connectivity index (χ1) is 8.43. The minimum Gasteiger partial charge on any atom is -0.297 e. The lowest BCUT2D eigenvalue weighted by Gasteiger charge is -2.27. The Morgan fingerprint density at radius 2 is 2.22 bits per heavy atom. The van der Waals surface area contributed by atoms with Gasteiger partial charge in [0.1, 0.15) is 17.2 Å². The Morgan fingerprint density at radius 3 is 2.67 bits per heavy atom. The number of nitriles is 1. The summed E-state index contributed by atoms with van der Waals surface area (Å²) in [5, 5.41) is 17.2. The monoisotopic (exact) mass is 247 g/mol. The van der Waals surface area contributed by atoms with E-state index >= 15 is 0 Å². The Bertz CT molecular complexity index is 468. The van der Waals surface area contributed by atoms with Gasteiger partial charge in [0.05, 0.1) is 12.1 Å². The standard InChI is InChI=1S/C13H21N5/c1-9(18-11(3)15-10(2)17-18)7-13(4,8-14)16-12-5-6-12/h9,12,16H,5-7H2,1-4H3. The van der Waals surface area contributed by atoms with Crippen LogP contribution < -0.4 is 5.32 Å². The lowest BCUT2D eigenvalue weighted by atomic mass is 9.95. The number of hydrogen-bond donors (Lipinski definition) is 1. The zero-order valence-corrected chi connectivity index (χ0v) is 11.6. The minimum atomic E-state index is -0.479. The van der Waals surface area contributed by atoms with Crippen molar-refractivity contribution in [2.45, 2.75) is 64.6 Å². The second kappa shape index (κ2) is 4.69. The van der Waals surface area contributed by atoms with Crippen molar-refractivity contribution in [1.29, 1.82) is 5.26 Å². The summed E-state index contributed by atoms with van der Waals surface area (Å²) in [6, 6.07) is 3.10. The molecule has 18 heavy (non-hydrogen) atoms. The van der Waals surface area contributed by atoms with E-state index in [2.05, 4.69) is 28.4 Å². The van der Waals surface area contributed by atoms with Crippen LogP contribution in [0.4, 0.5) is 0 Å². The van der Waals surface area contributed by atoms with Crippen molar-refractivity contribution < 1.29 is 0 Å². The van der Waals surface area contributed by atoms with Crippen LogP contribution in [0.25, 0.3) is 0 Å². The van der Waals surface area contributed by atoms with E-state index in [1.807, 2.05) is 25.5 Å². The number of nitrogens with zero attached hydrogens (tertiary/aromatic N) is 4. The third-order valence-electron chi connectivity index (χ3n) is 3.38. The molecule has 0 spiro atoms. The topological polar surface area (TPSA) is 66.5 Å². The van der Waals surface area contributed by atoms with E-state index in [4.69, 9.17) is 0 Å². The number of rotatable bonds is 5. The molecule has 0 saturated heterocycles. The molecule has 5 nitrogen and oxygen atoms in total. The molecule has 0 aromatic carbocycles. The van der Waals surface area contributed by atoms with Crippen LogP contribution >= 0.6 is 0 Å². The largest absolute Gasteiger partial charge is 0.297 e. The highest BCUT2D eigenvalue weighted by Crippen LogP contribution is 2.27. The van der Waals surface area contributed by atoms with Crippen molar-refractivity contribution in [3.63, 3.8) is 0 Å². The molecule has 0 amide bonds. The van der Waals surface area contributed by atoms with E-state index in [9.17, 15) is 5.26 Å². The molecule has 1 aromatic heterocycles. The maximum absolute atomic E-state index is 9.37. The zero-order chi connectivity index (χ0) is 13.3. The van der Waals surface area contributed by atoms with Crippen molar-refractivity contribution in [3.8, 4) is 6.07 Å². The Hall–Kier alpha value is -1.41. The van der Waals surface area contributed by atoms with Crippen molar-refractivity contribution in [2.24, 2.45) is 0 Å². The molecule has 0 bridgehead atoms. The summed E-state index contributed by atoms with van der Waals surface area (Å²) >= 11 is 0. The average molecular weight is 247 g/mol. The van der Waals surface area contributed by atoms with Crippen LogP contribution in [0.5, 0.6) is 0 Å². The molecule has 5 heteroatoms. The summed E-state index contributed by atoms with van der Waals surface area (Å²) in [5.41, 5.74) is -0.479. The Balaban J connectivity index is 2.07. The van der Waals surface area contributed by atoms with E-state index in [1.165, 1.54) is 12.8 Å². The smallest absolute Gasteiger partial charge is 0.147 e. The molecular weight excluding hydrogens is 226 g/mol. The van der Waals surface area contributed by atoms with Crippen LogP contribution in [-0.2, 0) is 0 Å². The fraction of sp³-hybridized carbons (Fsp3) is 0.769. The van der Waals surface area contributed by atoms with E-state index in [0.717, 1.165) is 18.1 Å². The molecule has 2 rings (SSSR count). The second-order valence-electron chi connectivity index (χ2n) is 5.57. The van der Waals surface area contributed by atoms with Gasteiger partial charge in [-0.15, -0.1) is 0 Å². The number of hydrogen-bond acceptors (Lipinski definition) is 4. The second-order valence-corrected chi connectivity index (χ2v) is 5.57. The Kier molecular flexibility index (Phi) is 3.40. The van der Waals surface area contributed by atoms with Crippen LogP contribution in [0.3, 0.4) is 0 Å². The maximum atomic E-state index is 9.37. The molecule has 98 valence electrons.